The Balaban J connectivity index is 1.39. The highest BCUT2D eigenvalue weighted by Crippen LogP contribution is 2.38. The summed E-state index contributed by atoms with van der Waals surface area (Å²) in [4.78, 5) is 26.2. The van der Waals surface area contributed by atoms with Crippen LogP contribution < -0.4 is 9.47 Å². The Kier molecular flexibility index (Phi) is 9.18. The zero-order chi connectivity index (χ0) is 28.9. The molecule has 1 heterocycles. The number of rotatable bonds is 12. The van der Waals surface area contributed by atoms with Gasteiger partial charge in [-0.05, 0) is 67.5 Å². The van der Waals surface area contributed by atoms with Crippen molar-refractivity contribution in [3.8, 4) is 11.5 Å². The highest BCUT2D eigenvalue weighted by Gasteiger charge is 2.35. The number of aliphatic carboxylic acids is 1. The van der Waals surface area contributed by atoms with Crippen LogP contribution in [-0.2, 0) is 35.4 Å². The molecule has 1 aliphatic heterocycles. The predicted octanol–water partition coefficient (Wildman–Crippen LogP) is 6.58. The summed E-state index contributed by atoms with van der Waals surface area (Å²) in [5.74, 6) is 0.827. The fourth-order valence-corrected chi connectivity index (χ4v) is 5.30. The Morgan fingerprint density at radius 1 is 1.00 bits per heavy atom. The van der Waals surface area contributed by atoms with Crippen molar-refractivity contribution in [2.24, 2.45) is 0 Å². The average Bonchev–Trinajstić information content (AvgIpc) is 3.22. The number of benzene rings is 3. The molecule has 0 aliphatic carbocycles. The van der Waals surface area contributed by atoms with Gasteiger partial charge in [0.15, 0.2) is 0 Å². The summed E-state index contributed by atoms with van der Waals surface area (Å²) in [6.45, 7) is 10.2. The van der Waals surface area contributed by atoms with Crippen LogP contribution in [0.1, 0.15) is 74.8 Å². The van der Waals surface area contributed by atoms with Crippen LogP contribution in [-0.4, -0.2) is 40.1 Å². The molecule has 0 fully saturated rings. The second kappa shape index (κ2) is 12.6. The van der Waals surface area contributed by atoms with Crippen LogP contribution in [0.5, 0.6) is 11.5 Å². The Morgan fingerprint density at radius 2 is 1.70 bits per heavy atom. The van der Waals surface area contributed by atoms with Gasteiger partial charge in [0.25, 0.3) is 0 Å². The Hall–Kier alpha value is -3.80. The summed E-state index contributed by atoms with van der Waals surface area (Å²) in [7, 11) is 0. The number of hydrogen-bond acceptors (Lipinski definition) is 4. The van der Waals surface area contributed by atoms with E-state index in [9.17, 15) is 14.7 Å². The van der Waals surface area contributed by atoms with Crippen molar-refractivity contribution in [1.82, 2.24) is 4.90 Å². The molecule has 212 valence electrons. The first-order valence-electron chi connectivity index (χ1n) is 14.1. The van der Waals surface area contributed by atoms with Crippen molar-refractivity contribution in [2.75, 3.05) is 6.54 Å². The number of ether oxygens (including phenoxy) is 2. The van der Waals surface area contributed by atoms with Crippen molar-refractivity contribution in [2.45, 2.75) is 84.5 Å². The van der Waals surface area contributed by atoms with E-state index in [1.54, 1.807) is 0 Å². The minimum atomic E-state index is -1.04. The fourth-order valence-electron chi connectivity index (χ4n) is 5.30. The molecule has 0 saturated carbocycles. The second-order valence-corrected chi connectivity index (χ2v) is 11.7. The summed E-state index contributed by atoms with van der Waals surface area (Å²) in [5, 5.41) is 9.47. The Labute approximate surface area is 237 Å². The highest BCUT2D eigenvalue weighted by molar-refractivity contribution is 5.81. The third-order valence-electron chi connectivity index (χ3n) is 7.27. The lowest BCUT2D eigenvalue weighted by Crippen LogP contribution is -2.35. The van der Waals surface area contributed by atoms with Gasteiger partial charge >= 0.3 is 5.97 Å². The van der Waals surface area contributed by atoms with Crippen LogP contribution in [0.3, 0.4) is 0 Å². The van der Waals surface area contributed by atoms with Crippen molar-refractivity contribution in [3.05, 3.63) is 94.5 Å². The molecule has 1 aliphatic rings. The molecule has 3 aromatic carbocycles. The van der Waals surface area contributed by atoms with Gasteiger partial charge in [0, 0.05) is 31.4 Å². The van der Waals surface area contributed by atoms with Gasteiger partial charge in [-0.3, -0.25) is 9.59 Å². The smallest absolute Gasteiger partial charge is 0.323 e. The molecule has 0 unspecified atom stereocenters. The molecular formula is C34H41NO5. The first-order chi connectivity index (χ1) is 19.0. The fraction of sp³-hybridized carbons (Fsp3) is 0.412. The van der Waals surface area contributed by atoms with Gasteiger partial charge in [-0.25, -0.2) is 0 Å². The average molecular weight is 544 g/mol. The number of para-hydroxylation sites is 1. The summed E-state index contributed by atoms with van der Waals surface area (Å²) in [6, 6.07) is 22.4. The molecule has 0 spiro atoms. The van der Waals surface area contributed by atoms with Crippen molar-refractivity contribution in [3.63, 3.8) is 0 Å². The van der Waals surface area contributed by atoms with E-state index in [1.165, 1.54) is 16.0 Å². The number of hydrogen-bond donors (Lipinski definition) is 1. The number of carbonyl (C=O) groups excluding carboxylic acids is 1. The van der Waals surface area contributed by atoms with E-state index in [4.69, 9.17) is 9.47 Å². The largest absolute Gasteiger partial charge is 0.491 e. The van der Waals surface area contributed by atoms with Gasteiger partial charge in [0.2, 0.25) is 5.91 Å². The maximum absolute atomic E-state index is 13.2. The molecule has 4 rings (SSSR count). The van der Waals surface area contributed by atoms with E-state index in [2.05, 4.69) is 51.1 Å². The first kappa shape index (κ1) is 29.2. The van der Waals surface area contributed by atoms with Crippen LogP contribution in [0.4, 0.5) is 0 Å². The van der Waals surface area contributed by atoms with E-state index in [0.717, 1.165) is 35.3 Å². The minimum Gasteiger partial charge on any atom is -0.491 e. The minimum absolute atomic E-state index is 0.0270. The molecule has 1 atom stereocenters. The van der Waals surface area contributed by atoms with Gasteiger partial charge in [0.1, 0.15) is 23.6 Å². The van der Waals surface area contributed by atoms with Gasteiger partial charge in [-0.1, -0.05) is 68.4 Å². The maximum Gasteiger partial charge on any atom is 0.323 e. The molecule has 0 bridgehead atoms. The Bertz CT molecular complexity index is 1330. The number of carbonyl (C=O) groups is 2. The number of nitrogens with zero attached hydrogens (tertiary/aromatic N) is 1. The van der Waals surface area contributed by atoms with Crippen LogP contribution in [0.15, 0.2) is 66.7 Å². The molecule has 1 amide bonds. The van der Waals surface area contributed by atoms with E-state index in [1.807, 2.05) is 50.2 Å². The topological polar surface area (TPSA) is 76.1 Å². The van der Waals surface area contributed by atoms with E-state index < -0.39 is 5.97 Å². The number of aryl methyl sites for hydroxylation is 1. The number of carboxylic acid groups (broad SMARTS) is 1. The molecule has 40 heavy (non-hydrogen) atoms. The van der Waals surface area contributed by atoms with Crippen LogP contribution in [0.2, 0.25) is 0 Å². The van der Waals surface area contributed by atoms with Crippen molar-refractivity contribution < 1.29 is 24.2 Å². The lowest BCUT2D eigenvalue weighted by Gasteiger charge is -2.24. The highest BCUT2D eigenvalue weighted by atomic mass is 16.5. The van der Waals surface area contributed by atoms with E-state index in [-0.39, 0.29) is 37.1 Å². The Morgan fingerprint density at radius 3 is 2.38 bits per heavy atom. The zero-order valence-corrected chi connectivity index (χ0v) is 24.3. The number of fused-ring (bicyclic) bond motifs is 1. The van der Waals surface area contributed by atoms with Gasteiger partial charge < -0.3 is 19.5 Å². The number of carboxylic acids is 1. The summed E-state index contributed by atoms with van der Waals surface area (Å²) >= 11 is 0. The standard InChI is InChI=1S/C34H41NO5/c1-23(2)27-14-10-26(11-15-27)19-34(5)20-29-18-25(12-16-31(29)40-34)13-17-32(36)35(22-33(37)38)21-28-8-6-7-9-30(28)39-24(3)4/h6-12,14-16,18,23-24H,13,17,19-22H2,1-5H3,(H,37,38)/t34-/m1/s1. The zero-order valence-electron chi connectivity index (χ0n) is 24.3. The molecule has 6 nitrogen and oxygen atoms in total. The summed E-state index contributed by atoms with van der Waals surface area (Å²) < 4.78 is 12.3. The molecular weight excluding hydrogens is 502 g/mol. The monoisotopic (exact) mass is 543 g/mol. The third-order valence-corrected chi connectivity index (χ3v) is 7.27. The summed E-state index contributed by atoms with van der Waals surface area (Å²) in [5.41, 5.74) is 5.25. The molecule has 3 aromatic rings. The molecule has 6 heteroatoms. The van der Waals surface area contributed by atoms with E-state index in [0.29, 0.717) is 18.1 Å². The van der Waals surface area contributed by atoms with Crippen molar-refractivity contribution >= 4 is 11.9 Å². The molecule has 0 radical (unpaired) electrons. The SMILES string of the molecule is CC(C)Oc1ccccc1CN(CC(=O)O)C(=O)CCc1ccc2c(c1)C[C@@](C)(Cc1ccc(C(C)C)cc1)O2. The lowest BCUT2D eigenvalue weighted by molar-refractivity contribution is -0.144. The first-order valence-corrected chi connectivity index (χ1v) is 14.1. The molecule has 0 aromatic heterocycles. The quantitative estimate of drug-likeness (QED) is 0.279. The molecule has 0 saturated heterocycles. The third kappa shape index (κ3) is 7.65. The van der Waals surface area contributed by atoms with Crippen LogP contribution >= 0.6 is 0 Å². The molecule has 1 N–H and O–H groups in total. The summed E-state index contributed by atoms with van der Waals surface area (Å²) in [6.07, 6.45) is 2.34. The lowest BCUT2D eigenvalue weighted by atomic mass is 9.90. The van der Waals surface area contributed by atoms with Gasteiger partial charge in [-0.2, -0.15) is 0 Å². The maximum atomic E-state index is 13.2. The normalized spacial score (nSPS) is 16.1. The van der Waals surface area contributed by atoms with Gasteiger partial charge in [-0.15, -0.1) is 0 Å². The van der Waals surface area contributed by atoms with E-state index >= 15 is 0 Å². The second-order valence-electron chi connectivity index (χ2n) is 11.7. The van der Waals surface area contributed by atoms with Crippen LogP contribution in [0, 0.1) is 0 Å². The van der Waals surface area contributed by atoms with Crippen molar-refractivity contribution in [1.29, 1.82) is 0 Å². The van der Waals surface area contributed by atoms with Crippen LogP contribution in [0.25, 0.3) is 0 Å². The number of amides is 1. The van der Waals surface area contributed by atoms with Gasteiger partial charge in [0.05, 0.1) is 6.10 Å². The predicted molar refractivity (Wildman–Crippen MR) is 157 cm³/mol.